The van der Waals surface area contributed by atoms with Crippen LogP contribution in [0.5, 0.6) is 0 Å². The lowest BCUT2D eigenvalue weighted by Crippen LogP contribution is -2.44. The molecule has 2 rings (SSSR count). The van der Waals surface area contributed by atoms with Gasteiger partial charge in [0.2, 0.25) is 5.91 Å². The maximum absolute atomic E-state index is 12.2. The molecule has 21 heavy (non-hydrogen) atoms. The molecule has 1 unspecified atom stereocenters. The van der Waals surface area contributed by atoms with Gasteiger partial charge in [-0.25, -0.2) is 0 Å². The molecule has 0 aliphatic carbocycles. The van der Waals surface area contributed by atoms with Crippen LogP contribution in [0.25, 0.3) is 0 Å². The Morgan fingerprint density at radius 3 is 2.62 bits per heavy atom. The van der Waals surface area contributed by atoms with E-state index in [2.05, 4.69) is 22.2 Å². The molecule has 1 N–H and O–H groups in total. The van der Waals surface area contributed by atoms with Crippen molar-refractivity contribution in [2.45, 2.75) is 20.3 Å². The maximum atomic E-state index is 12.2. The molecular formula is C16H24ClN3O. The Balaban J connectivity index is 2.19. The van der Waals surface area contributed by atoms with Crippen molar-refractivity contribution in [1.29, 1.82) is 0 Å². The highest BCUT2D eigenvalue weighted by Gasteiger charge is 2.19. The second-order valence-corrected chi connectivity index (χ2v) is 6.19. The molecule has 4 nitrogen and oxygen atoms in total. The smallest absolute Gasteiger partial charge is 0.227 e. The zero-order valence-electron chi connectivity index (χ0n) is 13.0. The van der Waals surface area contributed by atoms with E-state index in [1.165, 1.54) is 0 Å². The van der Waals surface area contributed by atoms with Gasteiger partial charge in [0.15, 0.2) is 0 Å². The normalized spacial score (nSPS) is 17.6. The lowest BCUT2D eigenvalue weighted by Gasteiger charge is -2.35. The molecule has 1 saturated heterocycles. The molecule has 0 bridgehead atoms. The molecule has 1 amide bonds. The first-order chi connectivity index (χ1) is 10.0. The minimum absolute atomic E-state index is 0.00400. The van der Waals surface area contributed by atoms with Crippen molar-refractivity contribution in [2.75, 3.05) is 43.4 Å². The number of nitrogens with one attached hydrogen (secondary N) is 1. The molecule has 1 aliphatic heterocycles. The Morgan fingerprint density at radius 2 is 2.00 bits per heavy atom. The Hall–Kier alpha value is -1.26. The lowest BCUT2D eigenvalue weighted by molar-refractivity contribution is -0.119. The molecule has 1 fully saturated rings. The largest absolute Gasteiger partial charge is 0.367 e. The van der Waals surface area contributed by atoms with E-state index in [0.29, 0.717) is 5.02 Å². The summed E-state index contributed by atoms with van der Waals surface area (Å²) in [6.07, 6.45) is 0.830. The number of likely N-dealkylation sites (N-methyl/N-ethyl adjacent to an activating group) is 1. The third kappa shape index (κ3) is 4.11. The monoisotopic (exact) mass is 309 g/mol. The number of carbonyl (C=O) groups is 1. The van der Waals surface area contributed by atoms with Gasteiger partial charge in [-0.2, -0.15) is 0 Å². The fourth-order valence-electron chi connectivity index (χ4n) is 2.37. The van der Waals surface area contributed by atoms with E-state index in [-0.39, 0.29) is 11.8 Å². The third-order valence-electron chi connectivity index (χ3n) is 4.12. The van der Waals surface area contributed by atoms with Crippen molar-refractivity contribution >= 4 is 28.9 Å². The minimum atomic E-state index is 0.00400. The van der Waals surface area contributed by atoms with Gasteiger partial charge in [-0.1, -0.05) is 25.4 Å². The van der Waals surface area contributed by atoms with Crippen molar-refractivity contribution in [1.82, 2.24) is 4.90 Å². The summed E-state index contributed by atoms with van der Waals surface area (Å²) in [4.78, 5) is 16.8. The van der Waals surface area contributed by atoms with E-state index in [9.17, 15) is 4.79 Å². The molecule has 0 spiro atoms. The van der Waals surface area contributed by atoms with Gasteiger partial charge in [0.05, 0.1) is 11.4 Å². The van der Waals surface area contributed by atoms with E-state index in [1.54, 1.807) is 0 Å². The van der Waals surface area contributed by atoms with Crippen LogP contribution in [0.15, 0.2) is 18.2 Å². The number of benzene rings is 1. The lowest BCUT2D eigenvalue weighted by atomic mass is 10.1. The van der Waals surface area contributed by atoms with E-state index < -0.39 is 0 Å². The Morgan fingerprint density at radius 1 is 1.33 bits per heavy atom. The van der Waals surface area contributed by atoms with Gasteiger partial charge < -0.3 is 15.1 Å². The van der Waals surface area contributed by atoms with Gasteiger partial charge in [0.25, 0.3) is 0 Å². The van der Waals surface area contributed by atoms with Crippen LogP contribution >= 0.6 is 11.6 Å². The van der Waals surface area contributed by atoms with E-state index in [4.69, 9.17) is 11.6 Å². The number of amides is 1. The molecule has 1 heterocycles. The Labute approximate surface area is 132 Å². The molecule has 0 aromatic heterocycles. The topological polar surface area (TPSA) is 35.6 Å². The number of piperazine rings is 1. The predicted molar refractivity (Wildman–Crippen MR) is 89.2 cm³/mol. The fraction of sp³-hybridized carbons (Fsp3) is 0.562. The SMILES string of the molecule is CCC(C)C(=O)Nc1cc(Cl)ccc1N1CCN(C)CC1. The average molecular weight is 310 g/mol. The van der Waals surface area contributed by atoms with Gasteiger partial charge in [0.1, 0.15) is 0 Å². The van der Waals surface area contributed by atoms with E-state index >= 15 is 0 Å². The van der Waals surface area contributed by atoms with E-state index in [1.807, 2.05) is 32.0 Å². The van der Waals surface area contributed by atoms with Crippen LogP contribution in [0, 0.1) is 5.92 Å². The zero-order chi connectivity index (χ0) is 15.4. The van der Waals surface area contributed by atoms with Crippen LogP contribution in [-0.2, 0) is 4.79 Å². The molecular weight excluding hydrogens is 286 g/mol. The van der Waals surface area contributed by atoms with Crippen molar-refractivity contribution in [3.63, 3.8) is 0 Å². The van der Waals surface area contributed by atoms with Crippen LogP contribution < -0.4 is 10.2 Å². The highest BCUT2D eigenvalue weighted by atomic mass is 35.5. The summed E-state index contributed by atoms with van der Waals surface area (Å²) in [6.45, 7) is 7.94. The maximum Gasteiger partial charge on any atom is 0.227 e. The van der Waals surface area contributed by atoms with Gasteiger partial charge in [-0.05, 0) is 31.7 Å². The van der Waals surface area contributed by atoms with Crippen molar-refractivity contribution in [3.8, 4) is 0 Å². The summed E-state index contributed by atoms with van der Waals surface area (Å²) in [5.41, 5.74) is 1.88. The Bertz CT molecular complexity index is 498. The van der Waals surface area contributed by atoms with Gasteiger partial charge >= 0.3 is 0 Å². The summed E-state index contributed by atoms with van der Waals surface area (Å²) >= 11 is 6.10. The van der Waals surface area contributed by atoms with Crippen LogP contribution in [-0.4, -0.2) is 44.0 Å². The summed E-state index contributed by atoms with van der Waals surface area (Å²) in [7, 11) is 2.13. The van der Waals surface area contributed by atoms with Crippen LogP contribution in [0.1, 0.15) is 20.3 Å². The number of hydrogen-bond donors (Lipinski definition) is 1. The van der Waals surface area contributed by atoms with Gasteiger partial charge in [0, 0.05) is 37.1 Å². The average Bonchev–Trinajstić information content (AvgIpc) is 2.47. The molecule has 0 radical (unpaired) electrons. The van der Waals surface area contributed by atoms with Gasteiger partial charge in [-0.3, -0.25) is 4.79 Å². The fourth-order valence-corrected chi connectivity index (χ4v) is 2.54. The van der Waals surface area contributed by atoms with Crippen molar-refractivity contribution in [2.24, 2.45) is 5.92 Å². The van der Waals surface area contributed by atoms with Crippen molar-refractivity contribution in [3.05, 3.63) is 23.2 Å². The molecule has 1 aliphatic rings. The number of nitrogens with zero attached hydrogens (tertiary/aromatic N) is 2. The highest BCUT2D eigenvalue weighted by Crippen LogP contribution is 2.30. The first-order valence-electron chi connectivity index (χ1n) is 7.55. The molecule has 1 atom stereocenters. The summed E-state index contributed by atoms with van der Waals surface area (Å²) in [5, 5.41) is 3.68. The third-order valence-corrected chi connectivity index (χ3v) is 4.36. The first kappa shape index (κ1) is 16.1. The molecule has 1 aromatic carbocycles. The molecule has 0 saturated carbocycles. The number of hydrogen-bond acceptors (Lipinski definition) is 3. The molecule has 1 aromatic rings. The first-order valence-corrected chi connectivity index (χ1v) is 7.93. The number of carbonyl (C=O) groups excluding carboxylic acids is 1. The predicted octanol–water partition coefficient (Wildman–Crippen LogP) is 3.08. The van der Waals surface area contributed by atoms with Crippen LogP contribution in [0.2, 0.25) is 5.02 Å². The Kier molecular flexibility index (Phi) is 5.48. The second-order valence-electron chi connectivity index (χ2n) is 5.75. The zero-order valence-corrected chi connectivity index (χ0v) is 13.8. The summed E-state index contributed by atoms with van der Waals surface area (Å²) < 4.78 is 0. The number of halogens is 1. The van der Waals surface area contributed by atoms with E-state index in [0.717, 1.165) is 44.0 Å². The number of rotatable bonds is 4. The van der Waals surface area contributed by atoms with Gasteiger partial charge in [-0.15, -0.1) is 0 Å². The summed E-state index contributed by atoms with van der Waals surface area (Å²) in [5.74, 6) is 0.0551. The minimum Gasteiger partial charge on any atom is -0.367 e. The van der Waals surface area contributed by atoms with Crippen molar-refractivity contribution < 1.29 is 4.79 Å². The quantitative estimate of drug-likeness (QED) is 0.928. The van der Waals surface area contributed by atoms with Crippen LogP contribution in [0.3, 0.4) is 0 Å². The molecule has 116 valence electrons. The number of anilines is 2. The standard InChI is InChI=1S/C16H24ClN3O/c1-4-12(2)16(21)18-14-11-13(17)5-6-15(14)20-9-7-19(3)8-10-20/h5-6,11-12H,4,7-10H2,1-3H3,(H,18,21). The molecule has 5 heteroatoms. The second kappa shape index (κ2) is 7.14. The highest BCUT2D eigenvalue weighted by molar-refractivity contribution is 6.31. The summed E-state index contributed by atoms with van der Waals surface area (Å²) in [6, 6.07) is 5.73. The van der Waals surface area contributed by atoms with Crippen LogP contribution in [0.4, 0.5) is 11.4 Å².